The molecule has 0 spiro atoms. The van der Waals surface area contributed by atoms with Gasteiger partial charge in [0, 0.05) is 7.11 Å². The van der Waals surface area contributed by atoms with Crippen LogP contribution in [-0.4, -0.2) is 32.1 Å². The SMILES string of the molecule is CC[Si](C=C[Si](c1ccccc1)(c1ccccc1)c1ccccc1)(CC)O[Si](OC)(c1ccccc1)c1ccccc1. The lowest BCUT2D eigenvalue weighted by atomic mass is 10.3. The van der Waals surface area contributed by atoms with E-state index in [-0.39, 0.29) is 0 Å². The van der Waals surface area contributed by atoms with Gasteiger partial charge in [0.05, 0.1) is 0 Å². The van der Waals surface area contributed by atoms with Crippen LogP contribution in [0.25, 0.3) is 0 Å². The van der Waals surface area contributed by atoms with Crippen LogP contribution in [0.15, 0.2) is 163 Å². The monoisotopic (exact) mass is 600 g/mol. The maximum atomic E-state index is 7.64. The van der Waals surface area contributed by atoms with Gasteiger partial charge in [-0.05, 0) is 38.0 Å². The standard InChI is InChI=1S/C37H40O2Si3/c1-4-40(5-2,39-42(38-3,36-27-17-9-18-28-36)37-29-19-10-20-30-37)31-32-41(33-21-11-6-12-22-33,34-23-13-7-14-24-34)35-25-15-8-16-26-35/h6-32H,4-5H2,1-3H3. The van der Waals surface area contributed by atoms with Gasteiger partial charge in [0.1, 0.15) is 0 Å². The Hall–Kier alpha value is -3.59. The molecule has 5 heteroatoms. The highest BCUT2D eigenvalue weighted by molar-refractivity contribution is 7.15. The molecule has 0 bridgehead atoms. The molecule has 2 nitrogen and oxygen atoms in total. The predicted molar refractivity (Wildman–Crippen MR) is 186 cm³/mol. The number of hydrogen-bond donors (Lipinski definition) is 0. The van der Waals surface area contributed by atoms with Gasteiger partial charge in [-0.15, -0.1) is 0 Å². The van der Waals surface area contributed by atoms with Crippen LogP contribution >= 0.6 is 0 Å². The summed E-state index contributed by atoms with van der Waals surface area (Å²) in [5.74, 6) is 0. The van der Waals surface area contributed by atoms with E-state index < -0.39 is 25.0 Å². The van der Waals surface area contributed by atoms with E-state index in [0.29, 0.717) is 0 Å². The van der Waals surface area contributed by atoms with Crippen LogP contribution in [-0.2, 0) is 8.54 Å². The summed E-state index contributed by atoms with van der Waals surface area (Å²) in [5, 5.41) is 6.40. The summed E-state index contributed by atoms with van der Waals surface area (Å²) in [7, 11) is -6.22. The fraction of sp³-hybridized carbons (Fsp3) is 0.135. The molecule has 5 aromatic rings. The fourth-order valence-electron chi connectivity index (χ4n) is 6.00. The molecule has 0 atom stereocenters. The third-order valence-corrected chi connectivity index (χ3v) is 21.9. The Bertz CT molecular complexity index is 1400. The Morgan fingerprint density at radius 1 is 0.452 bits per heavy atom. The van der Waals surface area contributed by atoms with E-state index in [0.717, 1.165) is 22.5 Å². The zero-order valence-electron chi connectivity index (χ0n) is 24.8. The molecule has 0 radical (unpaired) electrons. The van der Waals surface area contributed by atoms with Crippen LogP contribution in [0.2, 0.25) is 12.1 Å². The van der Waals surface area contributed by atoms with Crippen LogP contribution in [0, 0.1) is 0 Å². The van der Waals surface area contributed by atoms with Crippen LogP contribution in [0.3, 0.4) is 0 Å². The van der Waals surface area contributed by atoms with Gasteiger partial charge in [0.2, 0.25) is 8.32 Å². The molecule has 0 saturated carbocycles. The second kappa shape index (κ2) is 13.6. The van der Waals surface area contributed by atoms with Crippen LogP contribution in [0.4, 0.5) is 0 Å². The van der Waals surface area contributed by atoms with E-state index in [1.807, 2.05) is 7.11 Å². The minimum atomic E-state index is -3.01. The smallest absolute Gasteiger partial charge is 0.396 e. The summed E-state index contributed by atoms with van der Waals surface area (Å²) in [4.78, 5) is 0. The van der Waals surface area contributed by atoms with Gasteiger partial charge in [-0.25, -0.2) is 0 Å². The summed E-state index contributed by atoms with van der Waals surface area (Å²) >= 11 is 0. The average molecular weight is 601 g/mol. The first kappa shape index (κ1) is 29.9. The highest BCUT2D eigenvalue weighted by Crippen LogP contribution is 2.26. The van der Waals surface area contributed by atoms with E-state index in [4.69, 9.17) is 8.54 Å². The number of rotatable bonds is 12. The van der Waals surface area contributed by atoms with E-state index in [1.54, 1.807) is 0 Å². The molecule has 212 valence electrons. The Labute approximate surface area is 254 Å². The quantitative estimate of drug-likeness (QED) is 0.135. The first-order valence-electron chi connectivity index (χ1n) is 14.9. The van der Waals surface area contributed by atoms with Crippen molar-refractivity contribution in [3.05, 3.63) is 163 Å². The molecule has 0 fully saturated rings. The Morgan fingerprint density at radius 3 is 1.05 bits per heavy atom. The van der Waals surface area contributed by atoms with Gasteiger partial charge in [-0.3, -0.25) is 0 Å². The molecule has 5 aromatic carbocycles. The van der Waals surface area contributed by atoms with Gasteiger partial charge >= 0.3 is 8.56 Å². The Morgan fingerprint density at radius 2 is 0.762 bits per heavy atom. The molecule has 42 heavy (non-hydrogen) atoms. The van der Waals surface area contributed by atoms with Gasteiger partial charge in [0.25, 0.3) is 0 Å². The second-order valence-corrected chi connectivity index (χ2v) is 21.8. The molecule has 0 heterocycles. The fourth-order valence-corrected chi connectivity index (χ4v) is 20.0. The molecule has 0 aliphatic carbocycles. The van der Waals surface area contributed by atoms with Crippen molar-refractivity contribution < 1.29 is 8.54 Å². The third kappa shape index (κ3) is 5.84. The van der Waals surface area contributed by atoms with Crippen molar-refractivity contribution in [1.29, 1.82) is 0 Å². The van der Waals surface area contributed by atoms with Crippen molar-refractivity contribution in [3.63, 3.8) is 0 Å². The van der Waals surface area contributed by atoms with Gasteiger partial charge in [-0.1, -0.05) is 177 Å². The van der Waals surface area contributed by atoms with Crippen LogP contribution in [0.1, 0.15) is 13.8 Å². The van der Waals surface area contributed by atoms with E-state index in [9.17, 15) is 0 Å². The first-order chi connectivity index (χ1) is 20.6. The number of benzene rings is 5. The Balaban J connectivity index is 1.73. The largest absolute Gasteiger partial charge is 0.425 e. The zero-order valence-corrected chi connectivity index (χ0v) is 27.8. The molecular weight excluding hydrogens is 561 g/mol. The van der Waals surface area contributed by atoms with Gasteiger partial charge in [-0.2, -0.15) is 0 Å². The summed E-state index contributed by atoms with van der Waals surface area (Å²) in [6.07, 6.45) is 0. The molecule has 0 aliphatic rings. The second-order valence-electron chi connectivity index (χ2n) is 10.7. The molecule has 0 saturated heterocycles. The molecule has 0 aliphatic heterocycles. The molecule has 0 N–H and O–H groups in total. The third-order valence-electron chi connectivity index (χ3n) is 8.46. The van der Waals surface area contributed by atoms with Crippen molar-refractivity contribution in [2.24, 2.45) is 0 Å². The van der Waals surface area contributed by atoms with Crippen molar-refractivity contribution >= 4 is 50.9 Å². The summed E-state index contributed by atoms with van der Waals surface area (Å²) < 4.78 is 14.2. The molecule has 0 aromatic heterocycles. The molecule has 0 amide bonds. The minimum Gasteiger partial charge on any atom is -0.425 e. The maximum Gasteiger partial charge on any atom is 0.396 e. The zero-order chi connectivity index (χ0) is 29.3. The number of hydrogen-bond acceptors (Lipinski definition) is 2. The van der Waals surface area contributed by atoms with Crippen LogP contribution < -0.4 is 25.9 Å². The van der Waals surface area contributed by atoms with Crippen molar-refractivity contribution in [3.8, 4) is 0 Å². The normalized spacial score (nSPS) is 12.5. The predicted octanol–water partition coefficient (Wildman–Crippen LogP) is 5.70. The first-order valence-corrected chi connectivity index (χ1v) is 21.1. The van der Waals surface area contributed by atoms with E-state index >= 15 is 0 Å². The lowest BCUT2D eigenvalue weighted by molar-refractivity contribution is 0.325. The molecule has 5 rings (SSSR count). The van der Waals surface area contributed by atoms with Crippen molar-refractivity contribution in [2.75, 3.05) is 7.11 Å². The summed E-state index contributed by atoms with van der Waals surface area (Å²) in [6, 6.07) is 56.3. The average Bonchev–Trinajstić information content (AvgIpc) is 3.09. The molecular formula is C37H40O2Si3. The summed E-state index contributed by atoms with van der Waals surface area (Å²) in [5.41, 5.74) is 5.11. The van der Waals surface area contributed by atoms with Crippen molar-refractivity contribution in [2.45, 2.75) is 25.9 Å². The highest BCUT2D eigenvalue weighted by Gasteiger charge is 2.48. The minimum absolute atomic E-state index is 0.959. The lowest BCUT2D eigenvalue weighted by Gasteiger charge is -2.40. The Kier molecular flexibility index (Phi) is 9.67. The molecule has 0 unspecified atom stereocenters. The lowest BCUT2D eigenvalue weighted by Crippen LogP contribution is -2.68. The maximum absolute atomic E-state index is 7.64. The van der Waals surface area contributed by atoms with E-state index in [2.05, 4.69) is 177 Å². The van der Waals surface area contributed by atoms with E-state index in [1.165, 1.54) is 15.6 Å². The topological polar surface area (TPSA) is 18.5 Å². The van der Waals surface area contributed by atoms with Gasteiger partial charge < -0.3 is 8.54 Å². The van der Waals surface area contributed by atoms with Gasteiger partial charge in [0.15, 0.2) is 8.07 Å². The highest BCUT2D eigenvalue weighted by atomic mass is 28.4. The van der Waals surface area contributed by atoms with Crippen LogP contribution in [0.5, 0.6) is 0 Å². The summed E-state index contributed by atoms with van der Waals surface area (Å²) in [6.45, 7) is 4.59. The van der Waals surface area contributed by atoms with Crippen molar-refractivity contribution in [1.82, 2.24) is 0 Å².